The van der Waals surface area contributed by atoms with Gasteiger partial charge < -0.3 is 10.1 Å². The van der Waals surface area contributed by atoms with E-state index >= 15 is 0 Å². The van der Waals surface area contributed by atoms with Crippen molar-refractivity contribution in [3.63, 3.8) is 0 Å². The predicted octanol–water partition coefficient (Wildman–Crippen LogP) is 4.99. The van der Waals surface area contributed by atoms with E-state index < -0.39 is 0 Å². The Morgan fingerprint density at radius 2 is 1.90 bits per heavy atom. The summed E-state index contributed by atoms with van der Waals surface area (Å²) in [5.41, 5.74) is 1.38. The van der Waals surface area contributed by atoms with Gasteiger partial charge in [0.2, 0.25) is 0 Å². The third kappa shape index (κ3) is 7.98. The molecule has 3 heteroatoms. The first-order valence-electron chi connectivity index (χ1n) is 8.18. The van der Waals surface area contributed by atoms with Crippen molar-refractivity contribution < 1.29 is 4.74 Å². The number of halogens is 1. The molecule has 1 N–H and O–H groups in total. The van der Waals surface area contributed by atoms with E-state index in [1.54, 1.807) is 0 Å². The van der Waals surface area contributed by atoms with E-state index in [1.165, 1.54) is 16.5 Å². The molecule has 0 saturated carbocycles. The topological polar surface area (TPSA) is 21.3 Å². The van der Waals surface area contributed by atoms with E-state index in [4.69, 9.17) is 4.74 Å². The minimum atomic E-state index is 0.501. The van der Waals surface area contributed by atoms with Gasteiger partial charge in [-0.3, -0.25) is 0 Å². The molecule has 1 unspecified atom stereocenters. The van der Waals surface area contributed by atoms with Crippen LogP contribution in [0.1, 0.15) is 51.5 Å². The molecule has 0 spiro atoms. The number of unbranched alkanes of at least 4 members (excludes halogenated alkanes) is 1. The Morgan fingerprint density at radius 1 is 1.14 bits per heavy atom. The lowest BCUT2D eigenvalue weighted by atomic mass is 9.96. The summed E-state index contributed by atoms with van der Waals surface area (Å²) in [6.07, 6.45) is 3.42. The summed E-state index contributed by atoms with van der Waals surface area (Å²) in [5, 5.41) is 3.59. The van der Waals surface area contributed by atoms with Gasteiger partial charge in [0.1, 0.15) is 0 Å². The van der Waals surface area contributed by atoms with Crippen molar-refractivity contribution in [3.05, 3.63) is 34.3 Å². The van der Waals surface area contributed by atoms with Crippen molar-refractivity contribution in [2.24, 2.45) is 5.92 Å². The molecule has 1 atom stereocenters. The largest absolute Gasteiger partial charge is 0.381 e. The Bertz CT molecular complexity index is 381. The standard InChI is InChI=1S/C18H30BrNO/c1-4-5-11-21-12-10-16(14-20-13-15(2)3)17-8-6-7-9-18(17)19/h6-9,15-16,20H,4-5,10-14H2,1-3H3. The number of ether oxygens (including phenoxy) is 1. The molecule has 120 valence electrons. The monoisotopic (exact) mass is 355 g/mol. The van der Waals surface area contributed by atoms with Crippen molar-refractivity contribution in [2.45, 2.75) is 46.0 Å². The number of hydrogen-bond acceptors (Lipinski definition) is 2. The maximum atomic E-state index is 5.75. The van der Waals surface area contributed by atoms with Gasteiger partial charge in [-0.25, -0.2) is 0 Å². The van der Waals surface area contributed by atoms with Crippen LogP contribution < -0.4 is 5.32 Å². The van der Waals surface area contributed by atoms with Crippen molar-refractivity contribution in [1.82, 2.24) is 5.32 Å². The zero-order valence-corrected chi connectivity index (χ0v) is 15.3. The average Bonchev–Trinajstić information content (AvgIpc) is 2.45. The van der Waals surface area contributed by atoms with Crippen LogP contribution in [0.5, 0.6) is 0 Å². The Hall–Kier alpha value is -0.380. The average molecular weight is 356 g/mol. The predicted molar refractivity (Wildman–Crippen MR) is 94.9 cm³/mol. The normalized spacial score (nSPS) is 12.8. The van der Waals surface area contributed by atoms with Crippen molar-refractivity contribution in [3.8, 4) is 0 Å². The summed E-state index contributed by atoms with van der Waals surface area (Å²) in [6.45, 7) is 10.5. The van der Waals surface area contributed by atoms with E-state index in [1.807, 2.05) is 0 Å². The van der Waals surface area contributed by atoms with Gasteiger partial charge in [0, 0.05) is 24.2 Å². The Balaban J connectivity index is 2.51. The fraction of sp³-hybridized carbons (Fsp3) is 0.667. The summed E-state index contributed by atoms with van der Waals surface area (Å²) < 4.78 is 6.95. The molecule has 0 aliphatic heterocycles. The van der Waals surface area contributed by atoms with Gasteiger partial charge in [-0.15, -0.1) is 0 Å². The maximum absolute atomic E-state index is 5.75. The van der Waals surface area contributed by atoms with Gasteiger partial charge in [-0.1, -0.05) is 61.3 Å². The Labute approximate surface area is 138 Å². The maximum Gasteiger partial charge on any atom is 0.0472 e. The summed E-state index contributed by atoms with van der Waals surface area (Å²) in [7, 11) is 0. The second-order valence-corrected chi connectivity index (χ2v) is 6.88. The molecular weight excluding hydrogens is 326 g/mol. The zero-order chi connectivity index (χ0) is 15.5. The third-order valence-corrected chi connectivity index (χ3v) is 4.26. The molecule has 2 nitrogen and oxygen atoms in total. The minimum absolute atomic E-state index is 0.501. The van der Waals surface area contributed by atoms with Crippen LogP contribution in [0.3, 0.4) is 0 Å². The highest BCUT2D eigenvalue weighted by molar-refractivity contribution is 9.10. The second kappa shape index (κ2) is 11.2. The summed E-state index contributed by atoms with van der Waals surface area (Å²) in [4.78, 5) is 0. The van der Waals surface area contributed by atoms with Gasteiger partial charge in [0.25, 0.3) is 0 Å². The summed E-state index contributed by atoms with van der Waals surface area (Å²) >= 11 is 3.68. The van der Waals surface area contributed by atoms with Gasteiger partial charge in [0.15, 0.2) is 0 Å². The lowest BCUT2D eigenvalue weighted by Crippen LogP contribution is -2.26. The Kier molecular flexibility index (Phi) is 9.98. The van der Waals surface area contributed by atoms with Gasteiger partial charge in [-0.2, -0.15) is 0 Å². The van der Waals surface area contributed by atoms with Crippen molar-refractivity contribution in [1.29, 1.82) is 0 Å². The molecule has 0 bridgehead atoms. The first-order valence-corrected chi connectivity index (χ1v) is 8.97. The number of rotatable bonds is 11. The first-order chi connectivity index (χ1) is 10.1. The highest BCUT2D eigenvalue weighted by Crippen LogP contribution is 2.27. The van der Waals surface area contributed by atoms with E-state index in [9.17, 15) is 0 Å². The lowest BCUT2D eigenvalue weighted by Gasteiger charge is -2.20. The molecule has 0 amide bonds. The van der Waals surface area contributed by atoms with Gasteiger partial charge >= 0.3 is 0 Å². The van der Waals surface area contributed by atoms with E-state index in [-0.39, 0.29) is 0 Å². The third-order valence-electron chi connectivity index (χ3n) is 3.54. The molecular formula is C18H30BrNO. The van der Waals surface area contributed by atoms with Crippen LogP contribution in [0, 0.1) is 5.92 Å². The van der Waals surface area contributed by atoms with Crippen LogP contribution in [-0.4, -0.2) is 26.3 Å². The molecule has 0 radical (unpaired) electrons. The van der Waals surface area contributed by atoms with Crippen LogP contribution in [0.15, 0.2) is 28.7 Å². The lowest BCUT2D eigenvalue weighted by molar-refractivity contribution is 0.123. The Morgan fingerprint density at radius 3 is 2.57 bits per heavy atom. The molecule has 1 rings (SSSR count). The molecule has 0 fully saturated rings. The van der Waals surface area contributed by atoms with Crippen LogP contribution in [-0.2, 0) is 4.74 Å². The first kappa shape index (κ1) is 18.7. The number of benzene rings is 1. The van der Waals surface area contributed by atoms with Crippen LogP contribution in [0.25, 0.3) is 0 Å². The second-order valence-electron chi connectivity index (χ2n) is 6.03. The highest BCUT2D eigenvalue weighted by atomic mass is 79.9. The zero-order valence-electron chi connectivity index (χ0n) is 13.7. The van der Waals surface area contributed by atoms with Crippen molar-refractivity contribution >= 4 is 15.9 Å². The molecule has 0 aromatic heterocycles. The van der Waals surface area contributed by atoms with Crippen molar-refractivity contribution in [2.75, 3.05) is 26.3 Å². The molecule has 1 aromatic carbocycles. The van der Waals surface area contributed by atoms with Gasteiger partial charge in [0.05, 0.1) is 0 Å². The molecule has 21 heavy (non-hydrogen) atoms. The van der Waals surface area contributed by atoms with Crippen LogP contribution >= 0.6 is 15.9 Å². The SMILES string of the molecule is CCCCOCCC(CNCC(C)C)c1ccccc1Br. The smallest absolute Gasteiger partial charge is 0.0472 e. The quantitative estimate of drug-likeness (QED) is 0.564. The van der Waals surface area contributed by atoms with Gasteiger partial charge in [-0.05, 0) is 42.9 Å². The molecule has 0 aliphatic carbocycles. The minimum Gasteiger partial charge on any atom is -0.381 e. The van der Waals surface area contributed by atoms with E-state index in [2.05, 4.69) is 66.3 Å². The summed E-state index contributed by atoms with van der Waals surface area (Å²) in [5.74, 6) is 1.19. The number of hydrogen-bond donors (Lipinski definition) is 1. The van der Waals surface area contributed by atoms with Crippen LogP contribution in [0.2, 0.25) is 0 Å². The molecule has 0 heterocycles. The summed E-state index contributed by atoms with van der Waals surface area (Å²) in [6, 6.07) is 8.54. The molecule has 0 saturated heterocycles. The fourth-order valence-electron chi connectivity index (χ4n) is 2.29. The fourth-order valence-corrected chi connectivity index (χ4v) is 2.90. The molecule has 0 aliphatic rings. The van der Waals surface area contributed by atoms with Crippen LogP contribution in [0.4, 0.5) is 0 Å². The van der Waals surface area contributed by atoms with E-state index in [0.717, 1.165) is 39.1 Å². The van der Waals surface area contributed by atoms with E-state index in [0.29, 0.717) is 11.8 Å². The number of nitrogens with one attached hydrogen (secondary N) is 1. The molecule has 1 aromatic rings. The highest BCUT2D eigenvalue weighted by Gasteiger charge is 2.14.